The number of amides is 2. The Morgan fingerprint density at radius 1 is 1.28 bits per heavy atom. The van der Waals surface area contributed by atoms with Gasteiger partial charge in [-0.2, -0.15) is 0 Å². The van der Waals surface area contributed by atoms with E-state index in [0.717, 1.165) is 30.5 Å². The number of aromatic nitrogens is 3. The van der Waals surface area contributed by atoms with Crippen molar-refractivity contribution in [2.75, 3.05) is 6.54 Å². The summed E-state index contributed by atoms with van der Waals surface area (Å²) in [6, 6.07) is 3.71. The van der Waals surface area contributed by atoms with Gasteiger partial charge in [0.05, 0.1) is 5.69 Å². The lowest BCUT2D eigenvalue weighted by molar-refractivity contribution is 0.0935. The maximum atomic E-state index is 12.6. The number of rotatable bonds is 6. The molecule has 3 heterocycles. The van der Waals surface area contributed by atoms with Crippen LogP contribution in [0.15, 0.2) is 37.2 Å². The third-order valence-electron chi connectivity index (χ3n) is 4.12. The van der Waals surface area contributed by atoms with Gasteiger partial charge in [-0.25, -0.2) is 4.98 Å². The number of carbonyl (C=O) groups is 2. The van der Waals surface area contributed by atoms with Crippen LogP contribution < -0.4 is 10.6 Å². The molecule has 2 aromatic rings. The molecule has 0 unspecified atom stereocenters. The van der Waals surface area contributed by atoms with E-state index in [0.29, 0.717) is 31.2 Å². The summed E-state index contributed by atoms with van der Waals surface area (Å²) < 4.78 is 1.87. The third kappa shape index (κ3) is 3.76. The standard InChI is InChI=1S/C18H21N5O2/c1-2-8-20-17(24)15-14-7-3-4-10-23(14)16(22-15)18(25)21-12-13-6-5-9-19-11-13/h2,5-6,9,11H,1,3-4,7-8,10,12H2,(H,20,24)(H,21,25). The van der Waals surface area contributed by atoms with Gasteiger partial charge in [-0.05, 0) is 30.9 Å². The highest BCUT2D eigenvalue weighted by atomic mass is 16.2. The van der Waals surface area contributed by atoms with Gasteiger partial charge in [0.25, 0.3) is 11.8 Å². The van der Waals surface area contributed by atoms with E-state index in [9.17, 15) is 9.59 Å². The molecule has 1 aliphatic rings. The smallest absolute Gasteiger partial charge is 0.287 e. The number of carbonyl (C=O) groups excluding carboxylic acids is 2. The molecule has 0 spiro atoms. The summed E-state index contributed by atoms with van der Waals surface area (Å²) in [5.74, 6) is -0.256. The number of nitrogens with one attached hydrogen (secondary N) is 2. The largest absolute Gasteiger partial charge is 0.347 e. The molecular weight excluding hydrogens is 318 g/mol. The summed E-state index contributed by atoms with van der Waals surface area (Å²) in [6.07, 6.45) is 7.71. The number of fused-ring (bicyclic) bond motifs is 1. The highest BCUT2D eigenvalue weighted by Gasteiger charge is 2.27. The summed E-state index contributed by atoms with van der Waals surface area (Å²) >= 11 is 0. The van der Waals surface area contributed by atoms with Crippen molar-refractivity contribution < 1.29 is 9.59 Å². The van der Waals surface area contributed by atoms with Crippen molar-refractivity contribution >= 4 is 11.8 Å². The first-order chi connectivity index (χ1) is 12.2. The van der Waals surface area contributed by atoms with Crippen LogP contribution in [0, 0.1) is 0 Å². The van der Waals surface area contributed by atoms with Crippen LogP contribution >= 0.6 is 0 Å². The van der Waals surface area contributed by atoms with E-state index in [1.54, 1.807) is 18.5 Å². The molecule has 2 amide bonds. The number of imidazole rings is 1. The number of pyridine rings is 1. The van der Waals surface area contributed by atoms with E-state index in [1.807, 2.05) is 16.7 Å². The summed E-state index contributed by atoms with van der Waals surface area (Å²) in [7, 11) is 0. The Labute approximate surface area is 146 Å². The van der Waals surface area contributed by atoms with E-state index < -0.39 is 0 Å². The highest BCUT2D eigenvalue weighted by Crippen LogP contribution is 2.21. The van der Waals surface area contributed by atoms with Crippen molar-refractivity contribution in [2.24, 2.45) is 0 Å². The Kier molecular flexibility index (Phi) is 5.23. The molecule has 1 aliphatic heterocycles. The lowest BCUT2D eigenvalue weighted by Gasteiger charge is -2.17. The van der Waals surface area contributed by atoms with Crippen molar-refractivity contribution in [1.82, 2.24) is 25.2 Å². The van der Waals surface area contributed by atoms with Gasteiger partial charge < -0.3 is 15.2 Å². The second-order valence-corrected chi connectivity index (χ2v) is 5.88. The second-order valence-electron chi connectivity index (χ2n) is 5.88. The minimum atomic E-state index is -0.283. The Bertz CT molecular complexity index is 782. The van der Waals surface area contributed by atoms with Crippen molar-refractivity contribution in [2.45, 2.75) is 32.4 Å². The highest BCUT2D eigenvalue weighted by molar-refractivity contribution is 5.97. The monoisotopic (exact) mass is 339 g/mol. The van der Waals surface area contributed by atoms with Crippen molar-refractivity contribution in [3.8, 4) is 0 Å². The van der Waals surface area contributed by atoms with Crippen LogP contribution in [-0.2, 0) is 19.5 Å². The molecule has 130 valence electrons. The van der Waals surface area contributed by atoms with Crippen molar-refractivity contribution in [1.29, 1.82) is 0 Å². The topological polar surface area (TPSA) is 88.9 Å². The van der Waals surface area contributed by atoms with Crippen LogP contribution in [0.2, 0.25) is 0 Å². The van der Waals surface area contributed by atoms with Gasteiger partial charge in [0, 0.05) is 32.0 Å². The molecule has 0 aliphatic carbocycles. The van der Waals surface area contributed by atoms with E-state index in [-0.39, 0.29) is 11.8 Å². The van der Waals surface area contributed by atoms with Gasteiger partial charge in [0.1, 0.15) is 5.69 Å². The molecular formula is C18H21N5O2. The molecule has 0 saturated carbocycles. The molecule has 0 atom stereocenters. The Morgan fingerprint density at radius 2 is 2.16 bits per heavy atom. The molecule has 3 rings (SSSR count). The zero-order chi connectivity index (χ0) is 17.6. The fraction of sp³-hybridized carbons (Fsp3) is 0.333. The fourth-order valence-electron chi connectivity index (χ4n) is 2.91. The average molecular weight is 339 g/mol. The molecule has 7 nitrogen and oxygen atoms in total. The number of hydrogen-bond donors (Lipinski definition) is 2. The lowest BCUT2D eigenvalue weighted by Crippen LogP contribution is -2.27. The molecule has 2 aromatic heterocycles. The summed E-state index contributed by atoms with van der Waals surface area (Å²) in [6.45, 7) is 5.03. The van der Waals surface area contributed by atoms with E-state index in [2.05, 4.69) is 27.2 Å². The minimum Gasteiger partial charge on any atom is -0.347 e. The van der Waals surface area contributed by atoms with Crippen LogP contribution in [-0.4, -0.2) is 32.9 Å². The first-order valence-corrected chi connectivity index (χ1v) is 8.36. The molecule has 0 saturated heterocycles. The second kappa shape index (κ2) is 7.74. The third-order valence-corrected chi connectivity index (χ3v) is 4.12. The SMILES string of the molecule is C=CCNC(=O)c1nc(C(=O)NCc2cccnc2)n2c1CCCC2. The maximum Gasteiger partial charge on any atom is 0.287 e. The van der Waals surface area contributed by atoms with Crippen LogP contribution in [0.25, 0.3) is 0 Å². The average Bonchev–Trinajstić information content (AvgIpc) is 3.05. The van der Waals surface area contributed by atoms with Crippen LogP contribution in [0.1, 0.15) is 45.2 Å². The zero-order valence-corrected chi connectivity index (χ0v) is 14.0. The van der Waals surface area contributed by atoms with Gasteiger partial charge >= 0.3 is 0 Å². The molecule has 0 radical (unpaired) electrons. The summed E-state index contributed by atoms with van der Waals surface area (Å²) in [4.78, 5) is 33.3. The maximum absolute atomic E-state index is 12.6. The first kappa shape index (κ1) is 16.9. The predicted molar refractivity (Wildman–Crippen MR) is 93.1 cm³/mol. The number of hydrogen-bond acceptors (Lipinski definition) is 4. The van der Waals surface area contributed by atoms with Crippen molar-refractivity contribution in [3.05, 3.63) is 60.0 Å². The molecule has 7 heteroatoms. The molecule has 25 heavy (non-hydrogen) atoms. The van der Waals surface area contributed by atoms with E-state index in [4.69, 9.17) is 0 Å². The molecule has 0 bridgehead atoms. The van der Waals surface area contributed by atoms with E-state index >= 15 is 0 Å². The van der Waals surface area contributed by atoms with Gasteiger partial charge in [0.2, 0.25) is 0 Å². The first-order valence-electron chi connectivity index (χ1n) is 8.36. The van der Waals surface area contributed by atoms with E-state index in [1.165, 1.54) is 0 Å². The minimum absolute atomic E-state index is 0.267. The molecule has 0 fully saturated rings. The fourth-order valence-corrected chi connectivity index (χ4v) is 2.91. The normalized spacial score (nSPS) is 13.0. The van der Waals surface area contributed by atoms with Gasteiger partial charge in [-0.15, -0.1) is 6.58 Å². The zero-order valence-electron chi connectivity index (χ0n) is 14.0. The van der Waals surface area contributed by atoms with Crippen LogP contribution in [0.3, 0.4) is 0 Å². The summed E-state index contributed by atoms with van der Waals surface area (Å²) in [5.41, 5.74) is 2.08. The number of nitrogens with zero attached hydrogens (tertiary/aromatic N) is 3. The Hall–Kier alpha value is -2.96. The van der Waals surface area contributed by atoms with Crippen LogP contribution in [0.4, 0.5) is 0 Å². The Morgan fingerprint density at radius 3 is 2.92 bits per heavy atom. The molecule has 0 aromatic carbocycles. The summed E-state index contributed by atoms with van der Waals surface area (Å²) in [5, 5.41) is 5.59. The Balaban J connectivity index is 1.80. The van der Waals surface area contributed by atoms with Gasteiger partial charge in [-0.3, -0.25) is 14.6 Å². The molecule has 2 N–H and O–H groups in total. The van der Waals surface area contributed by atoms with Gasteiger partial charge in [0.15, 0.2) is 5.82 Å². The van der Waals surface area contributed by atoms with Crippen LogP contribution in [0.5, 0.6) is 0 Å². The predicted octanol–water partition coefficient (Wildman–Crippen LogP) is 1.46. The lowest BCUT2D eigenvalue weighted by atomic mass is 10.1. The van der Waals surface area contributed by atoms with Gasteiger partial charge in [-0.1, -0.05) is 12.1 Å². The van der Waals surface area contributed by atoms with Crippen molar-refractivity contribution in [3.63, 3.8) is 0 Å². The quantitative estimate of drug-likeness (QED) is 0.780.